The highest BCUT2D eigenvalue weighted by Gasteiger charge is 2.00. The monoisotopic (exact) mass is 282 g/mol. The molecule has 0 fully saturated rings. The van der Waals surface area contributed by atoms with E-state index in [0.29, 0.717) is 6.26 Å². The van der Waals surface area contributed by atoms with Crippen LogP contribution in [-0.4, -0.2) is 19.2 Å². The third kappa shape index (κ3) is 7.96. The molecule has 0 radical (unpaired) electrons. The average molecular weight is 282 g/mol. The molecular formula is C13H15O3PS. The van der Waals surface area contributed by atoms with Crippen molar-refractivity contribution in [2.75, 3.05) is 6.26 Å². The first-order valence-electron chi connectivity index (χ1n) is 5.31. The first kappa shape index (κ1) is 14.8. The van der Waals surface area contributed by atoms with E-state index in [9.17, 15) is 0 Å². The van der Waals surface area contributed by atoms with Gasteiger partial charge in [-0.25, -0.2) is 8.42 Å². The third-order valence-corrected chi connectivity index (χ3v) is 3.37. The summed E-state index contributed by atoms with van der Waals surface area (Å²) in [5.41, 5.74) is 0. The summed E-state index contributed by atoms with van der Waals surface area (Å²) in [5, 5.41) is 2.90. The van der Waals surface area contributed by atoms with Crippen LogP contribution in [0.1, 0.15) is 0 Å². The van der Waals surface area contributed by atoms with Gasteiger partial charge in [0.15, 0.2) is 0 Å². The van der Waals surface area contributed by atoms with Crippen molar-refractivity contribution in [1.29, 1.82) is 0 Å². The Labute approximate surface area is 109 Å². The van der Waals surface area contributed by atoms with Gasteiger partial charge >= 0.3 is 0 Å². The van der Waals surface area contributed by atoms with Gasteiger partial charge in [0, 0.05) is 6.26 Å². The van der Waals surface area contributed by atoms with E-state index in [0.717, 1.165) is 0 Å². The molecule has 0 saturated carbocycles. The van der Waals surface area contributed by atoms with E-state index in [1.807, 2.05) is 0 Å². The van der Waals surface area contributed by atoms with Crippen molar-refractivity contribution in [3.63, 3.8) is 0 Å². The van der Waals surface area contributed by atoms with Gasteiger partial charge in [0.2, 0.25) is 0 Å². The highest BCUT2D eigenvalue weighted by Crippen LogP contribution is 2.08. The van der Waals surface area contributed by atoms with Gasteiger partial charge in [0.25, 0.3) is 0 Å². The summed E-state index contributed by atoms with van der Waals surface area (Å²) < 4.78 is 27.2. The zero-order valence-corrected chi connectivity index (χ0v) is 12.0. The number of hydrogen-bond acceptors (Lipinski definition) is 3. The van der Waals surface area contributed by atoms with Crippen LogP contribution in [0.5, 0.6) is 0 Å². The van der Waals surface area contributed by atoms with E-state index in [-0.39, 0.29) is 8.58 Å². The molecule has 0 N–H and O–H groups in total. The Morgan fingerprint density at radius 1 is 0.833 bits per heavy atom. The SMILES string of the molecule is CS(=O)(=O)[O-].c1ccc([PH2+]c2ccccc2)cc1. The van der Waals surface area contributed by atoms with Gasteiger partial charge in [-0.05, 0) is 24.3 Å². The Hall–Kier alpha value is -1.22. The molecule has 96 valence electrons. The Morgan fingerprint density at radius 2 is 1.11 bits per heavy atom. The van der Waals surface area contributed by atoms with E-state index in [2.05, 4.69) is 60.7 Å². The van der Waals surface area contributed by atoms with Gasteiger partial charge in [0.1, 0.15) is 0 Å². The largest absolute Gasteiger partial charge is 0.748 e. The summed E-state index contributed by atoms with van der Waals surface area (Å²) in [5.74, 6) is 0. The van der Waals surface area contributed by atoms with Crippen molar-refractivity contribution >= 4 is 29.3 Å². The average Bonchev–Trinajstić information content (AvgIpc) is 2.29. The first-order valence-corrected chi connectivity index (χ1v) is 8.28. The van der Waals surface area contributed by atoms with Crippen LogP contribution >= 0.6 is 8.58 Å². The van der Waals surface area contributed by atoms with Crippen molar-refractivity contribution in [2.45, 2.75) is 0 Å². The molecule has 0 aliphatic rings. The highest BCUT2D eigenvalue weighted by molar-refractivity contribution is 7.84. The molecule has 0 bridgehead atoms. The molecule has 0 amide bonds. The Balaban J connectivity index is 0.000000280. The van der Waals surface area contributed by atoms with Crippen LogP contribution in [0.2, 0.25) is 0 Å². The Bertz CT molecular complexity index is 508. The van der Waals surface area contributed by atoms with E-state index in [1.165, 1.54) is 10.6 Å². The minimum Gasteiger partial charge on any atom is -0.748 e. The lowest BCUT2D eigenvalue weighted by molar-refractivity contribution is 0.470. The standard InChI is InChI=1S/C12H11P.CH4O3S/c1-3-7-11(8-4-1)13-12-9-5-2-6-10-12;1-5(2,3)4/h1-10,13H;1H3,(H,2,3,4). The molecule has 0 aliphatic heterocycles. The summed E-state index contributed by atoms with van der Waals surface area (Å²) in [6, 6.07) is 21.3. The molecule has 0 atom stereocenters. The van der Waals surface area contributed by atoms with Crippen LogP contribution in [0.4, 0.5) is 0 Å². The molecule has 0 aromatic heterocycles. The fourth-order valence-corrected chi connectivity index (χ4v) is 2.51. The predicted octanol–water partition coefficient (Wildman–Crippen LogP) is 1.21. The smallest absolute Gasteiger partial charge is 0.0942 e. The number of benzene rings is 2. The second-order valence-corrected chi connectivity index (χ2v) is 6.70. The molecule has 5 heteroatoms. The van der Waals surface area contributed by atoms with Crippen LogP contribution in [0, 0.1) is 0 Å². The van der Waals surface area contributed by atoms with Crippen LogP contribution < -0.4 is 10.6 Å². The quantitative estimate of drug-likeness (QED) is 0.614. The zero-order chi connectivity index (χ0) is 13.4. The number of rotatable bonds is 2. The lowest BCUT2D eigenvalue weighted by Crippen LogP contribution is -2.01. The predicted molar refractivity (Wildman–Crippen MR) is 77.5 cm³/mol. The van der Waals surface area contributed by atoms with Crippen molar-refractivity contribution in [3.8, 4) is 0 Å². The lowest BCUT2D eigenvalue weighted by atomic mass is 10.4. The molecule has 0 unspecified atom stereocenters. The van der Waals surface area contributed by atoms with Crippen LogP contribution in [-0.2, 0) is 10.1 Å². The summed E-state index contributed by atoms with van der Waals surface area (Å²) in [4.78, 5) is 0. The molecule has 0 saturated heterocycles. The molecule has 0 heterocycles. The molecule has 18 heavy (non-hydrogen) atoms. The maximum atomic E-state index is 9.08. The van der Waals surface area contributed by atoms with Crippen LogP contribution in [0.3, 0.4) is 0 Å². The third-order valence-electron chi connectivity index (χ3n) is 1.93. The van der Waals surface area contributed by atoms with Gasteiger partial charge in [-0.2, -0.15) is 0 Å². The lowest BCUT2D eigenvalue weighted by Gasteiger charge is -1.92. The maximum Gasteiger partial charge on any atom is 0.0942 e. The summed E-state index contributed by atoms with van der Waals surface area (Å²) in [6.07, 6.45) is 0.604. The van der Waals surface area contributed by atoms with E-state index >= 15 is 0 Å². The molecule has 2 aromatic carbocycles. The highest BCUT2D eigenvalue weighted by atomic mass is 32.2. The maximum absolute atomic E-state index is 9.08. The molecule has 2 aromatic rings. The molecular weight excluding hydrogens is 267 g/mol. The van der Waals surface area contributed by atoms with Gasteiger partial charge in [0.05, 0.1) is 29.3 Å². The Morgan fingerprint density at radius 3 is 1.39 bits per heavy atom. The normalized spacial score (nSPS) is 10.3. The van der Waals surface area contributed by atoms with Crippen LogP contribution in [0.15, 0.2) is 60.7 Å². The van der Waals surface area contributed by atoms with Crippen molar-refractivity contribution in [1.82, 2.24) is 0 Å². The van der Waals surface area contributed by atoms with Gasteiger partial charge in [-0.15, -0.1) is 0 Å². The van der Waals surface area contributed by atoms with Gasteiger partial charge in [-0.1, -0.05) is 36.4 Å². The van der Waals surface area contributed by atoms with E-state index < -0.39 is 10.1 Å². The molecule has 0 aliphatic carbocycles. The number of hydrogen-bond donors (Lipinski definition) is 0. The van der Waals surface area contributed by atoms with Crippen molar-refractivity contribution in [3.05, 3.63) is 60.7 Å². The fraction of sp³-hybridized carbons (Fsp3) is 0.0769. The second kappa shape index (κ2) is 7.27. The fourth-order valence-electron chi connectivity index (χ4n) is 1.29. The van der Waals surface area contributed by atoms with E-state index in [4.69, 9.17) is 13.0 Å². The second-order valence-electron chi connectivity index (χ2n) is 3.67. The van der Waals surface area contributed by atoms with Crippen molar-refractivity contribution in [2.24, 2.45) is 0 Å². The Kier molecular flexibility index (Phi) is 5.99. The van der Waals surface area contributed by atoms with Gasteiger partial charge < -0.3 is 4.55 Å². The van der Waals surface area contributed by atoms with Crippen LogP contribution in [0.25, 0.3) is 0 Å². The molecule has 0 spiro atoms. The molecule has 2 rings (SSSR count). The minimum absolute atomic E-state index is 0.271. The van der Waals surface area contributed by atoms with Crippen molar-refractivity contribution < 1.29 is 13.0 Å². The zero-order valence-electron chi connectivity index (χ0n) is 9.98. The van der Waals surface area contributed by atoms with Gasteiger partial charge in [-0.3, -0.25) is 0 Å². The topological polar surface area (TPSA) is 57.2 Å². The van der Waals surface area contributed by atoms with E-state index in [1.54, 1.807) is 0 Å². The minimum atomic E-state index is -3.92. The summed E-state index contributed by atoms with van der Waals surface area (Å²) in [6.45, 7) is 0. The summed E-state index contributed by atoms with van der Waals surface area (Å²) in [7, 11) is -3.65. The molecule has 3 nitrogen and oxygen atoms in total. The first-order chi connectivity index (χ1) is 8.45. The summed E-state index contributed by atoms with van der Waals surface area (Å²) >= 11 is 0.